The van der Waals surface area contributed by atoms with Gasteiger partial charge in [0.2, 0.25) is 0 Å². The van der Waals surface area contributed by atoms with Gasteiger partial charge in [-0.15, -0.1) is 0 Å². The lowest BCUT2D eigenvalue weighted by molar-refractivity contribution is 0.503. The van der Waals surface area contributed by atoms with Crippen molar-refractivity contribution in [1.29, 1.82) is 0 Å². The van der Waals surface area contributed by atoms with Crippen molar-refractivity contribution in [3.63, 3.8) is 0 Å². The van der Waals surface area contributed by atoms with Crippen molar-refractivity contribution in [2.45, 2.75) is 26.2 Å². The monoisotopic (exact) mass is 238 g/mol. The van der Waals surface area contributed by atoms with E-state index in [-0.39, 0.29) is 0 Å². The third kappa shape index (κ3) is 1.54. The lowest BCUT2D eigenvalue weighted by Gasteiger charge is -2.33. The van der Waals surface area contributed by atoms with Crippen LogP contribution < -0.4 is 0 Å². The van der Waals surface area contributed by atoms with Crippen molar-refractivity contribution < 1.29 is 0 Å². The fourth-order valence-electron chi connectivity index (χ4n) is 2.23. The minimum absolute atomic E-state index is 0.642. The van der Waals surface area contributed by atoms with E-state index in [0.29, 0.717) is 11.8 Å². The lowest BCUT2D eigenvalue weighted by atomic mass is 9.74. The second kappa shape index (κ2) is 3.45. The smallest absolute Gasteiger partial charge is 0.00876 e. The van der Waals surface area contributed by atoms with Crippen LogP contribution in [0.3, 0.4) is 0 Å². The number of hydrogen-bond donors (Lipinski definition) is 0. The third-order valence-electron chi connectivity index (χ3n) is 3.12. The molecular weight excluding hydrogens is 224 g/mol. The van der Waals surface area contributed by atoms with Crippen LogP contribution in [0.2, 0.25) is 0 Å². The third-order valence-corrected chi connectivity index (χ3v) is 3.97. The molecule has 0 saturated carbocycles. The van der Waals surface area contributed by atoms with E-state index in [2.05, 4.69) is 41.6 Å². The number of hydrogen-bond acceptors (Lipinski definition) is 0. The zero-order valence-corrected chi connectivity index (χ0v) is 9.60. The van der Waals surface area contributed by atoms with Gasteiger partial charge in [-0.25, -0.2) is 0 Å². The van der Waals surface area contributed by atoms with Crippen molar-refractivity contribution in [2.75, 3.05) is 0 Å². The van der Waals surface area contributed by atoms with E-state index in [4.69, 9.17) is 0 Å². The molecule has 0 aromatic carbocycles. The maximum atomic E-state index is 4.13. The van der Waals surface area contributed by atoms with Crippen molar-refractivity contribution in [2.24, 2.45) is 11.8 Å². The first-order chi connectivity index (χ1) is 6.22. The number of rotatable bonds is 2. The molecule has 0 heterocycles. The van der Waals surface area contributed by atoms with Gasteiger partial charge in [-0.1, -0.05) is 47.2 Å². The Bertz CT molecular complexity index is 296. The highest BCUT2D eigenvalue weighted by Gasteiger charge is 2.29. The molecule has 0 fully saturated rings. The van der Waals surface area contributed by atoms with Gasteiger partial charge in [0.1, 0.15) is 0 Å². The standard InChI is InChI=1S/C12H15Br/c1-3-8(2)11-6-10-5-4-9(11)7-12(10)13/h6-7,9-10H,2-5H2,1H3. The molecule has 3 aliphatic rings. The highest BCUT2D eigenvalue weighted by atomic mass is 79.9. The molecule has 0 aromatic rings. The Hall–Kier alpha value is -0.300. The van der Waals surface area contributed by atoms with E-state index < -0.39 is 0 Å². The Kier molecular flexibility index (Phi) is 2.46. The quantitative estimate of drug-likeness (QED) is 0.677. The van der Waals surface area contributed by atoms with E-state index >= 15 is 0 Å². The molecule has 0 N–H and O–H groups in total. The molecule has 0 saturated heterocycles. The average molecular weight is 239 g/mol. The van der Waals surface area contributed by atoms with Crippen LogP contribution in [0.4, 0.5) is 0 Å². The van der Waals surface area contributed by atoms with Gasteiger partial charge in [-0.3, -0.25) is 0 Å². The van der Waals surface area contributed by atoms with Crippen molar-refractivity contribution in [1.82, 2.24) is 0 Å². The molecule has 0 nitrogen and oxygen atoms in total. The number of fused-ring (bicyclic) bond motifs is 1. The molecule has 0 amide bonds. The van der Waals surface area contributed by atoms with Crippen LogP contribution >= 0.6 is 15.9 Å². The summed E-state index contributed by atoms with van der Waals surface area (Å²) in [6.45, 7) is 6.31. The summed E-state index contributed by atoms with van der Waals surface area (Å²) in [4.78, 5) is 0. The van der Waals surface area contributed by atoms with Crippen LogP contribution in [0.25, 0.3) is 0 Å². The van der Waals surface area contributed by atoms with E-state index in [0.717, 1.165) is 6.42 Å². The van der Waals surface area contributed by atoms with Crippen molar-refractivity contribution in [3.05, 3.63) is 34.4 Å². The van der Waals surface area contributed by atoms with Gasteiger partial charge in [-0.05, 0) is 29.3 Å². The van der Waals surface area contributed by atoms with E-state index in [1.54, 1.807) is 0 Å². The summed E-state index contributed by atoms with van der Waals surface area (Å²) >= 11 is 3.63. The first-order valence-corrected chi connectivity index (χ1v) is 5.78. The molecule has 70 valence electrons. The van der Waals surface area contributed by atoms with Gasteiger partial charge in [0.25, 0.3) is 0 Å². The molecular formula is C12H15Br. The number of halogens is 1. The summed E-state index contributed by atoms with van der Waals surface area (Å²) in [7, 11) is 0. The largest absolute Gasteiger partial charge is 0.0956 e. The molecule has 13 heavy (non-hydrogen) atoms. The lowest BCUT2D eigenvalue weighted by Crippen LogP contribution is -2.20. The predicted molar refractivity (Wildman–Crippen MR) is 60.7 cm³/mol. The van der Waals surface area contributed by atoms with Crippen LogP contribution in [-0.4, -0.2) is 0 Å². The van der Waals surface area contributed by atoms with Crippen molar-refractivity contribution >= 4 is 15.9 Å². The highest BCUT2D eigenvalue weighted by Crippen LogP contribution is 2.44. The second-order valence-corrected chi connectivity index (χ2v) is 4.84. The van der Waals surface area contributed by atoms with Gasteiger partial charge in [0, 0.05) is 11.8 Å². The molecule has 0 spiro atoms. The molecule has 1 heteroatoms. The van der Waals surface area contributed by atoms with Crippen LogP contribution in [0.1, 0.15) is 26.2 Å². The fourth-order valence-corrected chi connectivity index (χ4v) is 2.91. The van der Waals surface area contributed by atoms with E-state index in [1.807, 2.05) is 0 Å². The Morgan fingerprint density at radius 3 is 2.62 bits per heavy atom. The van der Waals surface area contributed by atoms with Gasteiger partial charge in [-0.2, -0.15) is 0 Å². The van der Waals surface area contributed by atoms with Gasteiger partial charge in [0.15, 0.2) is 0 Å². The molecule has 3 aliphatic carbocycles. The molecule has 2 atom stereocenters. The number of allylic oxidation sites excluding steroid dienone is 5. The summed E-state index contributed by atoms with van der Waals surface area (Å²) in [5.74, 6) is 1.29. The maximum Gasteiger partial charge on any atom is 0.00876 e. The molecule has 0 radical (unpaired) electrons. The fraction of sp³-hybridized carbons (Fsp3) is 0.500. The second-order valence-electron chi connectivity index (χ2n) is 3.92. The summed E-state index contributed by atoms with van der Waals surface area (Å²) in [5.41, 5.74) is 2.83. The molecule has 2 bridgehead atoms. The van der Waals surface area contributed by atoms with E-state index in [1.165, 1.54) is 28.5 Å². The minimum Gasteiger partial charge on any atom is -0.0956 e. The van der Waals surface area contributed by atoms with Crippen LogP contribution in [0.5, 0.6) is 0 Å². The Labute approximate surface area is 88.5 Å². The SMILES string of the molecule is C=C(CC)C1=CC2CCC1C=C2Br. The highest BCUT2D eigenvalue weighted by molar-refractivity contribution is 9.11. The first-order valence-electron chi connectivity index (χ1n) is 4.99. The average Bonchev–Trinajstić information content (AvgIpc) is 2.17. The zero-order valence-electron chi connectivity index (χ0n) is 8.02. The summed E-state index contributed by atoms with van der Waals surface area (Å²) < 4.78 is 1.39. The molecule has 0 aliphatic heterocycles. The Morgan fingerprint density at radius 2 is 2.15 bits per heavy atom. The topological polar surface area (TPSA) is 0 Å². The van der Waals surface area contributed by atoms with Crippen LogP contribution in [0.15, 0.2) is 34.4 Å². The first kappa shape index (κ1) is 9.26. The van der Waals surface area contributed by atoms with E-state index in [9.17, 15) is 0 Å². The van der Waals surface area contributed by atoms with Gasteiger partial charge in [0.05, 0.1) is 0 Å². The predicted octanol–water partition coefficient (Wildman–Crippen LogP) is 4.20. The summed E-state index contributed by atoms with van der Waals surface area (Å²) in [6, 6.07) is 0. The summed E-state index contributed by atoms with van der Waals surface area (Å²) in [6.07, 6.45) is 8.47. The van der Waals surface area contributed by atoms with Crippen molar-refractivity contribution in [3.8, 4) is 0 Å². The zero-order chi connectivity index (χ0) is 9.42. The van der Waals surface area contributed by atoms with Gasteiger partial charge >= 0.3 is 0 Å². The minimum atomic E-state index is 0.642. The maximum absolute atomic E-state index is 4.13. The summed E-state index contributed by atoms with van der Waals surface area (Å²) in [5, 5.41) is 0. The van der Waals surface area contributed by atoms with Gasteiger partial charge < -0.3 is 0 Å². The van der Waals surface area contributed by atoms with Crippen LogP contribution in [0, 0.1) is 11.8 Å². The Morgan fingerprint density at radius 1 is 1.46 bits per heavy atom. The molecule has 3 rings (SSSR count). The Balaban J connectivity index is 2.27. The molecule has 0 aromatic heterocycles. The molecule has 2 unspecified atom stereocenters. The van der Waals surface area contributed by atoms with Crippen LogP contribution in [-0.2, 0) is 0 Å². The normalized spacial score (nSPS) is 31.2.